The van der Waals surface area contributed by atoms with Gasteiger partial charge in [-0.05, 0) is 32.0 Å². The number of aryl methyl sites for hydroxylation is 2. The first kappa shape index (κ1) is 21.0. The lowest BCUT2D eigenvalue weighted by Crippen LogP contribution is -2.47. The van der Waals surface area contributed by atoms with E-state index in [-0.39, 0.29) is 11.8 Å². The lowest BCUT2D eigenvalue weighted by molar-refractivity contribution is -0.138. The van der Waals surface area contributed by atoms with E-state index >= 15 is 0 Å². The SMILES string of the molecule is Cc1ccc(C2=C(N3CCN(C)CC3)C(=O)N(CCN3CCOCC3)C2=O)c(C)c1. The van der Waals surface area contributed by atoms with Crippen molar-refractivity contribution in [2.75, 3.05) is 72.6 Å². The lowest BCUT2D eigenvalue weighted by atomic mass is 9.97. The van der Waals surface area contributed by atoms with Crippen molar-refractivity contribution in [3.05, 3.63) is 40.6 Å². The van der Waals surface area contributed by atoms with Crippen LogP contribution in [-0.4, -0.2) is 104 Å². The fraction of sp³-hybridized carbons (Fsp3) is 0.565. The molecule has 0 aromatic heterocycles. The maximum atomic E-state index is 13.5. The molecule has 3 aliphatic heterocycles. The minimum Gasteiger partial charge on any atom is -0.379 e. The summed E-state index contributed by atoms with van der Waals surface area (Å²) in [6, 6.07) is 6.09. The number of piperazine rings is 1. The van der Waals surface area contributed by atoms with Crippen LogP contribution in [0.1, 0.15) is 16.7 Å². The van der Waals surface area contributed by atoms with Crippen LogP contribution in [0, 0.1) is 13.8 Å². The average Bonchev–Trinajstić information content (AvgIpc) is 2.98. The van der Waals surface area contributed by atoms with Gasteiger partial charge in [0.2, 0.25) is 0 Å². The summed E-state index contributed by atoms with van der Waals surface area (Å²) in [6.45, 7) is 11.6. The maximum absolute atomic E-state index is 13.5. The number of likely N-dealkylation sites (N-methyl/N-ethyl adjacent to an activating group) is 1. The minimum atomic E-state index is -0.158. The molecule has 2 saturated heterocycles. The van der Waals surface area contributed by atoms with E-state index in [1.54, 1.807) is 0 Å². The molecule has 0 N–H and O–H groups in total. The second-order valence-electron chi connectivity index (χ2n) is 8.55. The van der Waals surface area contributed by atoms with Gasteiger partial charge in [-0.3, -0.25) is 19.4 Å². The summed E-state index contributed by atoms with van der Waals surface area (Å²) in [5.74, 6) is -0.304. The van der Waals surface area contributed by atoms with Gasteiger partial charge in [-0.2, -0.15) is 0 Å². The van der Waals surface area contributed by atoms with Crippen LogP contribution in [0.5, 0.6) is 0 Å². The Morgan fingerprint density at radius 2 is 1.60 bits per heavy atom. The molecule has 0 unspecified atom stereocenters. The van der Waals surface area contributed by atoms with Crippen LogP contribution in [0.15, 0.2) is 23.9 Å². The van der Waals surface area contributed by atoms with E-state index in [4.69, 9.17) is 4.74 Å². The fourth-order valence-corrected chi connectivity index (χ4v) is 4.49. The van der Waals surface area contributed by atoms with Crippen molar-refractivity contribution >= 4 is 17.4 Å². The Balaban J connectivity index is 1.63. The number of hydrogen-bond donors (Lipinski definition) is 0. The summed E-state index contributed by atoms with van der Waals surface area (Å²) in [4.78, 5) is 35.1. The number of carbonyl (C=O) groups is 2. The molecule has 0 aliphatic carbocycles. The van der Waals surface area contributed by atoms with Crippen LogP contribution in [0.4, 0.5) is 0 Å². The maximum Gasteiger partial charge on any atom is 0.277 e. The highest BCUT2D eigenvalue weighted by molar-refractivity contribution is 6.35. The molecular formula is C23H32N4O3. The van der Waals surface area contributed by atoms with Gasteiger partial charge in [-0.1, -0.05) is 23.8 Å². The Morgan fingerprint density at radius 1 is 0.900 bits per heavy atom. The first-order valence-corrected chi connectivity index (χ1v) is 10.9. The van der Waals surface area contributed by atoms with Crippen LogP contribution in [0.25, 0.3) is 5.57 Å². The molecular weight excluding hydrogens is 380 g/mol. The minimum absolute atomic E-state index is 0.146. The number of carbonyl (C=O) groups excluding carboxylic acids is 2. The van der Waals surface area contributed by atoms with E-state index in [1.165, 1.54) is 4.90 Å². The molecule has 0 bridgehead atoms. The van der Waals surface area contributed by atoms with Gasteiger partial charge in [-0.25, -0.2) is 0 Å². The normalized spacial score (nSPS) is 21.8. The van der Waals surface area contributed by atoms with Gasteiger partial charge < -0.3 is 14.5 Å². The molecule has 3 aliphatic rings. The van der Waals surface area contributed by atoms with Crippen molar-refractivity contribution in [2.45, 2.75) is 13.8 Å². The van der Waals surface area contributed by atoms with E-state index in [2.05, 4.69) is 27.8 Å². The van der Waals surface area contributed by atoms with E-state index in [0.29, 0.717) is 37.6 Å². The third-order valence-electron chi connectivity index (χ3n) is 6.36. The number of imide groups is 1. The van der Waals surface area contributed by atoms with Crippen molar-refractivity contribution in [1.82, 2.24) is 19.6 Å². The van der Waals surface area contributed by atoms with E-state index in [1.807, 2.05) is 26.0 Å². The van der Waals surface area contributed by atoms with Crippen molar-refractivity contribution in [3.63, 3.8) is 0 Å². The van der Waals surface area contributed by atoms with Crippen LogP contribution in [0.2, 0.25) is 0 Å². The van der Waals surface area contributed by atoms with Gasteiger partial charge in [-0.15, -0.1) is 0 Å². The summed E-state index contributed by atoms with van der Waals surface area (Å²) >= 11 is 0. The molecule has 2 fully saturated rings. The molecule has 2 amide bonds. The van der Waals surface area contributed by atoms with Crippen molar-refractivity contribution in [1.29, 1.82) is 0 Å². The number of rotatable bonds is 5. The van der Waals surface area contributed by atoms with Crippen LogP contribution in [0.3, 0.4) is 0 Å². The van der Waals surface area contributed by atoms with Gasteiger partial charge in [0.25, 0.3) is 11.8 Å². The topological polar surface area (TPSA) is 56.3 Å². The van der Waals surface area contributed by atoms with Gasteiger partial charge in [0, 0.05) is 52.4 Å². The summed E-state index contributed by atoms with van der Waals surface area (Å²) in [5.41, 5.74) is 4.22. The van der Waals surface area contributed by atoms with Gasteiger partial charge in [0.05, 0.1) is 18.8 Å². The zero-order valence-electron chi connectivity index (χ0n) is 18.3. The second kappa shape index (κ2) is 8.88. The number of hydrogen-bond acceptors (Lipinski definition) is 6. The second-order valence-corrected chi connectivity index (χ2v) is 8.55. The van der Waals surface area contributed by atoms with E-state index < -0.39 is 0 Å². The monoisotopic (exact) mass is 412 g/mol. The largest absolute Gasteiger partial charge is 0.379 e. The fourth-order valence-electron chi connectivity index (χ4n) is 4.49. The molecule has 7 heteroatoms. The number of nitrogens with zero attached hydrogens (tertiary/aromatic N) is 4. The van der Waals surface area contributed by atoms with Gasteiger partial charge in [0.1, 0.15) is 5.70 Å². The Hall–Kier alpha value is -2.22. The van der Waals surface area contributed by atoms with Crippen LogP contribution < -0.4 is 0 Å². The van der Waals surface area contributed by atoms with Crippen molar-refractivity contribution < 1.29 is 14.3 Å². The molecule has 1 aromatic carbocycles. The summed E-state index contributed by atoms with van der Waals surface area (Å²) in [6.07, 6.45) is 0. The smallest absolute Gasteiger partial charge is 0.277 e. The highest BCUT2D eigenvalue weighted by Gasteiger charge is 2.42. The lowest BCUT2D eigenvalue weighted by Gasteiger charge is -2.34. The van der Waals surface area contributed by atoms with Gasteiger partial charge in [0.15, 0.2) is 0 Å². The third kappa shape index (κ3) is 4.15. The summed E-state index contributed by atoms with van der Waals surface area (Å²) < 4.78 is 5.41. The molecule has 0 radical (unpaired) electrons. The van der Waals surface area contributed by atoms with Crippen molar-refractivity contribution in [3.8, 4) is 0 Å². The summed E-state index contributed by atoms with van der Waals surface area (Å²) in [7, 11) is 2.09. The first-order chi connectivity index (χ1) is 14.5. The molecule has 1 aromatic rings. The Morgan fingerprint density at radius 3 is 2.27 bits per heavy atom. The zero-order valence-corrected chi connectivity index (χ0v) is 18.3. The molecule has 4 rings (SSSR count). The Bertz CT molecular complexity index is 852. The van der Waals surface area contributed by atoms with Crippen LogP contribution >= 0.6 is 0 Å². The zero-order chi connectivity index (χ0) is 21.3. The predicted molar refractivity (Wildman–Crippen MR) is 116 cm³/mol. The molecule has 0 atom stereocenters. The van der Waals surface area contributed by atoms with Crippen LogP contribution in [-0.2, 0) is 14.3 Å². The standard InChI is InChI=1S/C23H32N4O3/c1-17-4-5-19(18(2)16-17)20-21(26-9-6-24(3)7-10-26)23(29)27(22(20)28)11-8-25-12-14-30-15-13-25/h4-5,16H,6-15H2,1-3H3. The van der Waals surface area contributed by atoms with Gasteiger partial charge >= 0.3 is 0 Å². The predicted octanol–water partition coefficient (Wildman–Crippen LogP) is 0.963. The molecule has 7 nitrogen and oxygen atoms in total. The number of benzene rings is 1. The Kier molecular flexibility index (Phi) is 6.22. The number of ether oxygens (including phenoxy) is 1. The highest BCUT2D eigenvalue weighted by Crippen LogP contribution is 2.34. The third-order valence-corrected chi connectivity index (χ3v) is 6.36. The molecule has 3 heterocycles. The molecule has 0 spiro atoms. The number of morpholine rings is 1. The average molecular weight is 413 g/mol. The molecule has 30 heavy (non-hydrogen) atoms. The highest BCUT2D eigenvalue weighted by atomic mass is 16.5. The first-order valence-electron chi connectivity index (χ1n) is 10.9. The number of amides is 2. The molecule has 0 saturated carbocycles. The summed E-state index contributed by atoms with van der Waals surface area (Å²) in [5, 5.41) is 0. The van der Waals surface area contributed by atoms with E-state index in [0.717, 1.165) is 56.0 Å². The Labute approximate surface area is 178 Å². The molecule has 162 valence electrons. The quantitative estimate of drug-likeness (QED) is 0.672. The van der Waals surface area contributed by atoms with Crippen molar-refractivity contribution in [2.24, 2.45) is 0 Å². The van der Waals surface area contributed by atoms with E-state index in [9.17, 15) is 9.59 Å².